The first-order valence-corrected chi connectivity index (χ1v) is 8.90. The van der Waals surface area contributed by atoms with E-state index in [1.807, 2.05) is 0 Å². The molecule has 1 aliphatic heterocycles. The summed E-state index contributed by atoms with van der Waals surface area (Å²) in [7, 11) is -2.01. The molecule has 2 aliphatic rings. The fourth-order valence-corrected chi connectivity index (χ4v) is 6.33. The second-order valence-electron chi connectivity index (χ2n) is 5.26. The molecule has 1 aromatic rings. The van der Waals surface area contributed by atoms with Crippen LogP contribution in [0.4, 0.5) is 0 Å². The van der Waals surface area contributed by atoms with Crippen LogP contribution in [0.3, 0.4) is 0 Å². The number of hydrogen-bond donors (Lipinski definition) is 1. The molecule has 1 saturated carbocycles. The first-order chi connectivity index (χ1) is 9.41. The number of sulfonamides is 1. The standard InChI is InChI=1S/C12H16N2O4S2/c1-13-5-4-9(6-13)20(17,18)14-10(12(15)16)7-19-11(14)8-2-3-8/h4-6,8,10-11H,2-3,7H2,1H3,(H,15,16). The predicted octanol–water partition coefficient (Wildman–Crippen LogP) is 0.952. The zero-order chi connectivity index (χ0) is 14.5. The van der Waals surface area contributed by atoms with Crippen molar-refractivity contribution >= 4 is 27.8 Å². The normalized spacial score (nSPS) is 27.9. The molecule has 8 heteroatoms. The fraction of sp³-hybridized carbons (Fsp3) is 0.583. The number of rotatable bonds is 4. The van der Waals surface area contributed by atoms with Crippen molar-refractivity contribution in [1.82, 2.24) is 8.87 Å². The van der Waals surface area contributed by atoms with E-state index in [1.54, 1.807) is 17.8 Å². The maximum absolute atomic E-state index is 12.7. The van der Waals surface area contributed by atoms with Gasteiger partial charge in [-0.25, -0.2) is 8.42 Å². The highest BCUT2D eigenvalue weighted by molar-refractivity contribution is 8.01. The summed E-state index contributed by atoms with van der Waals surface area (Å²) >= 11 is 1.44. The lowest BCUT2D eigenvalue weighted by Gasteiger charge is -2.25. The van der Waals surface area contributed by atoms with Gasteiger partial charge in [0, 0.05) is 25.2 Å². The lowest BCUT2D eigenvalue weighted by Crippen LogP contribution is -2.46. The lowest BCUT2D eigenvalue weighted by molar-refractivity contribution is -0.140. The van der Waals surface area contributed by atoms with Gasteiger partial charge in [0.15, 0.2) is 0 Å². The number of hydrogen-bond acceptors (Lipinski definition) is 4. The molecule has 0 aromatic carbocycles. The van der Waals surface area contributed by atoms with Crippen LogP contribution in [0.5, 0.6) is 0 Å². The number of aryl methyl sites for hydroxylation is 1. The van der Waals surface area contributed by atoms with E-state index in [0.717, 1.165) is 12.8 Å². The molecule has 1 aromatic heterocycles. The highest BCUT2D eigenvalue weighted by Gasteiger charge is 2.51. The van der Waals surface area contributed by atoms with Crippen molar-refractivity contribution in [3.63, 3.8) is 0 Å². The van der Waals surface area contributed by atoms with Crippen LogP contribution < -0.4 is 0 Å². The van der Waals surface area contributed by atoms with Gasteiger partial charge in [-0.05, 0) is 24.8 Å². The predicted molar refractivity (Wildman–Crippen MR) is 74.8 cm³/mol. The van der Waals surface area contributed by atoms with Crippen LogP contribution >= 0.6 is 11.8 Å². The molecular weight excluding hydrogens is 300 g/mol. The molecule has 0 spiro atoms. The summed E-state index contributed by atoms with van der Waals surface area (Å²) in [5.74, 6) is -0.453. The Kier molecular flexibility index (Phi) is 3.34. The number of carboxylic acid groups (broad SMARTS) is 1. The summed E-state index contributed by atoms with van der Waals surface area (Å²) in [5.41, 5.74) is 0. The average molecular weight is 316 g/mol. The third-order valence-corrected chi connectivity index (χ3v) is 7.14. The van der Waals surface area contributed by atoms with E-state index in [0.29, 0.717) is 11.7 Å². The Balaban J connectivity index is 2.00. The Labute approximate surface area is 121 Å². The monoisotopic (exact) mass is 316 g/mol. The lowest BCUT2D eigenvalue weighted by atomic mass is 10.3. The summed E-state index contributed by atoms with van der Waals surface area (Å²) < 4.78 is 28.3. The van der Waals surface area contributed by atoms with E-state index in [1.165, 1.54) is 28.3 Å². The quantitative estimate of drug-likeness (QED) is 0.895. The zero-order valence-electron chi connectivity index (χ0n) is 11.0. The first-order valence-electron chi connectivity index (χ1n) is 6.41. The van der Waals surface area contributed by atoms with Gasteiger partial charge in [0.25, 0.3) is 0 Å². The SMILES string of the molecule is Cn1ccc(S(=O)(=O)N2C(C(=O)O)CSC2C2CC2)c1. The van der Waals surface area contributed by atoms with Crippen LogP contribution in [0.15, 0.2) is 23.4 Å². The van der Waals surface area contributed by atoms with Gasteiger partial charge in [0.1, 0.15) is 6.04 Å². The van der Waals surface area contributed by atoms with E-state index in [-0.39, 0.29) is 10.3 Å². The minimum Gasteiger partial charge on any atom is -0.480 e. The Morgan fingerprint density at radius 2 is 2.15 bits per heavy atom. The van der Waals surface area contributed by atoms with Gasteiger partial charge in [0.05, 0.1) is 10.3 Å². The molecule has 1 saturated heterocycles. The van der Waals surface area contributed by atoms with Crippen molar-refractivity contribution in [2.45, 2.75) is 29.2 Å². The van der Waals surface area contributed by atoms with Gasteiger partial charge >= 0.3 is 5.97 Å². The van der Waals surface area contributed by atoms with Gasteiger partial charge in [-0.15, -0.1) is 11.8 Å². The highest BCUT2D eigenvalue weighted by atomic mass is 32.2. The van der Waals surface area contributed by atoms with Crippen LogP contribution in [0.1, 0.15) is 12.8 Å². The Morgan fingerprint density at radius 3 is 2.65 bits per heavy atom. The summed E-state index contributed by atoms with van der Waals surface area (Å²) in [6.07, 6.45) is 5.12. The van der Waals surface area contributed by atoms with Crippen LogP contribution in [0, 0.1) is 5.92 Å². The van der Waals surface area contributed by atoms with Crippen LogP contribution in [0.25, 0.3) is 0 Å². The van der Waals surface area contributed by atoms with Gasteiger partial charge < -0.3 is 9.67 Å². The topological polar surface area (TPSA) is 79.6 Å². The van der Waals surface area contributed by atoms with Gasteiger partial charge in [-0.3, -0.25) is 4.79 Å². The summed E-state index contributed by atoms with van der Waals surface area (Å²) in [6, 6.07) is 0.553. The molecule has 3 rings (SSSR count). The molecule has 0 bridgehead atoms. The molecule has 6 nitrogen and oxygen atoms in total. The number of aliphatic carboxylic acids is 1. The number of aromatic nitrogens is 1. The molecule has 1 aliphatic carbocycles. The van der Waals surface area contributed by atoms with E-state index < -0.39 is 22.0 Å². The number of carboxylic acids is 1. The molecular formula is C12H16N2O4S2. The van der Waals surface area contributed by atoms with Crippen LogP contribution in [0.2, 0.25) is 0 Å². The van der Waals surface area contributed by atoms with Crippen molar-refractivity contribution in [3.8, 4) is 0 Å². The molecule has 0 amide bonds. The third-order valence-electron chi connectivity index (χ3n) is 3.67. The molecule has 2 unspecified atom stereocenters. The second-order valence-corrected chi connectivity index (χ2v) is 8.26. The molecule has 20 heavy (non-hydrogen) atoms. The van der Waals surface area contributed by atoms with Crippen LogP contribution in [-0.4, -0.2) is 45.5 Å². The number of thioether (sulfide) groups is 1. The summed E-state index contributed by atoms with van der Waals surface area (Å²) in [6.45, 7) is 0. The van der Waals surface area contributed by atoms with E-state index in [2.05, 4.69) is 0 Å². The molecule has 2 atom stereocenters. The Morgan fingerprint density at radius 1 is 1.45 bits per heavy atom. The van der Waals surface area contributed by atoms with Gasteiger partial charge in [-0.1, -0.05) is 0 Å². The number of carbonyl (C=O) groups is 1. The minimum atomic E-state index is -3.76. The second kappa shape index (κ2) is 4.78. The maximum Gasteiger partial charge on any atom is 0.322 e. The highest BCUT2D eigenvalue weighted by Crippen LogP contribution is 2.47. The molecule has 2 fully saturated rings. The smallest absolute Gasteiger partial charge is 0.322 e. The van der Waals surface area contributed by atoms with E-state index >= 15 is 0 Å². The van der Waals surface area contributed by atoms with Crippen LogP contribution in [-0.2, 0) is 21.9 Å². The van der Waals surface area contributed by atoms with Crippen molar-refractivity contribution < 1.29 is 18.3 Å². The summed E-state index contributed by atoms with van der Waals surface area (Å²) in [4.78, 5) is 11.5. The minimum absolute atomic E-state index is 0.166. The van der Waals surface area contributed by atoms with Crippen molar-refractivity contribution in [3.05, 3.63) is 18.5 Å². The van der Waals surface area contributed by atoms with Gasteiger partial charge in [-0.2, -0.15) is 4.31 Å². The molecule has 0 radical (unpaired) electrons. The Bertz CT molecular complexity index is 636. The maximum atomic E-state index is 12.7. The summed E-state index contributed by atoms with van der Waals surface area (Å²) in [5, 5.41) is 9.06. The molecule has 2 heterocycles. The van der Waals surface area contributed by atoms with E-state index in [4.69, 9.17) is 0 Å². The third kappa shape index (κ3) is 2.25. The Hall–Kier alpha value is -0.990. The average Bonchev–Trinajstić information content (AvgIpc) is 2.95. The molecule has 110 valence electrons. The first kappa shape index (κ1) is 14.0. The van der Waals surface area contributed by atoms with E-state index in [9.17, 15) is 18.3 Å². The van der Waals surface area contributed by atoms with Gasteiger partial charge in [0.2, 0.25) is 10.0 Å². The molecule has 1 N–H and O–H groups in total. The zero-order valence-corrected chi connectivity index (χ0v) is 12.6. The number of nitrogens with zero attached hydrogens (tertiary/aromatic N) is 2. The fourth-order valence-electron chi connectivity index (χ4n) is 2.48. The van der Waals surface area contributed by atoms with Crippen molar-refractivity contribution in [2.75, 3.05) is 5.75 Å². The van der Waals surface area contributed by atoms with Crippen molar-refractivity contribution in [2.24, 2.45) is 13.0 Å². The largest absolute Gasteiger partial charge is 0.480 e. The van der Waals surface area contributed by atoms with Crippen molar-refractivity contribution in [1.29, 1.82) is 0 Å².